The quantitative estimate of drug-likeness (QED) is 0.733. The normalized spacial score (nSPS) is 19.6. The summed E-state index contributed by atoms with van der Waals surface area (Å²) in [6, 6.07) is 3.78. The Labute approximate surface area is 162 Å². The van der Waals surface area contributed by atoms with Crippen LogP contribution in [0.15, 0.2) is 24.5 Å². The van der Waals surface area contributed by atoms with Crippen molar-refractivity contribution in [3.05, 3.63) is 24.5 Å². The third-order valence-corrected chi connectivity index (χ3v) is 5.61. The highest BCUT2D eigenvalue weighted by Gasteiger charge is 2.37. The van der Waals surface area contributed by atoms with Crippen LogP contribution in [0.1, 0.15) is 67.2 Å². The van der Waals surface area contributed by atoms with Gasteiger partial charge in [-0.2, -0.15) is 0 Å². The van der Waals surface area contributed by atoms with Crippen LogP contribution in [0.5, 0.6) is 0 Å². The van der Waals surface area contributed by atoms with Gasteiger partial charge in [-0.05, 0) is 71.7 Å². The fourth-order valence-electron chi connectivity index (χ4n) is 3.38. The Balaban J connectivity index is 0.00000146. The summed E-state index contributed by atoms with van der Waals surface area (Å²) >= 11 is 0. The molecule has 26 heavy (non-hydrogen) atoms. The van der Waals surface area contributed by atoms with Gasteiger partial charge in [0, 0.05) is 36.6 Å². The van der Waals surface area contributed by atoms with Crippen LogP contribution in [0.4, 0.5) is 5.69 Å². The van der Waals surface area contributed by atoms with Crippen LogP contribution < -0.4 is 4.90 Å². The highest BCUT2D eigenvalue weighted by atomic mass is 16.2. The van der Waals surface area contributed by atoms with Crippen molar-refractivity contribution in [2.45, 2.75) is 72.8 Å². The molecule has 1 fully saturated rings. The molecule has 1 amide bonds. The van der Waals surface area contributed by atoms with Crippen molar-refractivity contribution >= 4 is 11.6 Å². The summed E-state index contributed by atoms with van der Waals surface area (Å²) in [5.41, 5.74) is 1.13. The van der Waals surface area contributed by atoms with E-state index in [1.54, 1.807) is 17.3 Å². The van der Waals surface area contributed by atoms with Crippen LogP contribution in [0, 0.1) is 11.8 Å². The molecular weight excluding hydrogens is 322 g/mol. The topological polar surface area (TPSA) is 36.4 Å². The van der Waals surface area contributed by atoms with Gasteiger partial charge in [0.2, 0.25) is 5.91 Å². The predicted molar refractivity (Wildman–Crippen MR) is 114 cm³/mol. The van der Waals surface area contributed by atoms with Gasteiger partial charge in [-0.25, -0.2) is 0 Å². The molecule has 2 rings (SSSR count). The second kappa shape index (κ2) is 12.1. The lowest BCUT2D eigenvalue weighted by Gasteiger charge is -2.43. The van der Waals surface area contributed by atoms with Gasteiger partial charge >= 0.3 is 0 Å². The highest BCUT2D eigenvalue weighted by molar-refractivity contribution is 5.94. The van der Waals surface area contributed by atoms with E-state index in [0.29, 0.717) is 5.92 Å². The number of amides is 1. The molecule has 0 atom stereocenters. The Morgan fingerprint density at radius 3 is 1.85 bits per heavy atom. The van der Waals surface area contributed by atoms with Gasteiger partial charge in [-0.1, -0.05) is 27.7 Å². The molecule has 0 saturated heterocycles. The largest absolute Gasteiger partial charge is 0.315 e. The molecule has 4 nitrogen and oxygen atoms in total. The zero-order valence-electron chi connectivity index (χ0n) is 18.5. The first-order chi connectivity index (χ1) is 12.3. The van der Waals surface area contributed by atoms with Gasteiger partial charge in [-0.3, -0.25) is 9.78 Å². The number of carbonyl (C=O) groups is 1. The molecule has 1 heterocycles. The first-order valence-electron chi connectivity index (χ1n) is 10.2. The van der Waals surface area contributed by atoms with E-state index in [4.69, 9.17) is 0 Å². The zero-order chi connectivity index (χ0) is 20.3. The van der Waals surface area contributed by atoms with Crippen molar-refractivity contribution < 1.29 is 4.79 Å². The molecule has 0 radical (unpaired) electrons. The Morgan fingerprint density at radius 2 is 1.42 bits per heavy atom. The Bertz CT molecular complexity index is 491. The number of carbonyl (C=O) groups excluding carboxylic acids is 1. The van der Waals surface area contributed by atoms with E-state index in [9.17, 15) is 4.79 Å². The maximum absolute atomic E-state index is 12.7. The van der Waals surface area contributed by atoms with E-state index < -0.39 is 0 Å². The Morgan fingerprint density at radius 1 is 0.962 bits per heavy atom. The van der Waals surface area contributed by atoms with Crippen LogP contribution in [-0.4, -0.2) is 42.5 Å². The molecule has 0 aliphatic heterocycles. The van der Waals surface area contributed by atoms with E-state index >= 15 is 0 Å². The third-order valence-electron chi connectivity index (χ3n) is 5.61. The van der Waals surface area contributed by atoms with Crippen molar-refractivity contribution in [2.24, 2.45) is 11.8 Å². The van der Waals surface area contributed by atoms with Crippen molar-refractivity contribution in [1.29, 1.82) is 0 Å². The first kappa shape index (κ1) is 24.6. The maximum Gasteiger partial charge on any atom is 0.229 e. The number of aromatic nitrogens is 1. The number of hydrogen-bond donors (Lipinski definition) is 0. The van der Waals surface area contributed by atoms with Crippen LogP contribution in [0.3, 0.4) is 0 Å². The average molecular weight is 364 g/mol. The monoisotopic (exact) mass is 363 g/mol. The minimum Gasteiger partial charge on any atom is -0.315 e. The summed E-state index contributed by atoms with van der Waals surface area (Å²) in [5.74, 6) is 1.07. The Kier molecular flexibility index (Phi) is 11.4. The van der Waals surface area contributed by atoms with E-state index in [0.717, 1.165) is 31.4 Å². The molecule has 0 aromatic carbocycles. The van der Waals surface area contributed by atoms with Gasteiger partial charge in [0.05, 0.1) is 0 Å². The summed E-state index contributed by atoms with van der Waals surface area (Å²) in [5, 5.41) is 0. The van der Waals surface area contributed by atoms with Crippen molar-refractivity contribution in [3.63, 3.8) is 0 Å². The van der Waals surface area contributed by atoms with E-state index in [1.807, 2.05) is 46.9 Å². The lowest BCUT2D eigenvalue weighted by Crippen LogP contribution is -2.47. The summed E-state index contributed by atoms with van der Waals surface area (Å²) in [6.45, 7) is 12.6. The van der Waals surface area contributed by atoms with Crippen molar-refractivity contribution in [3.8, 4) is 0 Å². The van der Waals surface area contributed by atoms with Crippen LogP contribution in [-0.2, 0) is 4.79 Å². The number of pyridine rings is 1. The SMILES string of the molecule is CC.CC.CN(C(=O)C1CCC(C(C)(C)N(C)C)CC1)c1ccncc1. The lowest BCUT2D eigenvalue weighted by molar-refractivity contribution is -0.123. The molecule has 1 aromatic heterocycles. The van der Waals surface area contributed by atoms with Gasteiger partial charge in [0.15, 0.2) is 0 Å². The molecule has 1 aromatic rings. The average Bonchev–Trinajstić information content (AvgIpc) is 2.70. The molecule has 4 heteroatoms. The second-order valence-corrected chi connectivity index (χ2v) is 7.20. The summed E-state index contributed by atoms with van der Waals surface area (Å²) < 4.78 is 0. The van der Waals surface area contributed by atoms with E-state index in [1.165, 1.54) is 0 Å². The number of anilines is 1. The van der Waals surface area contributed by atoms with Crippen LogP contribution in [0.2, 0.25) is 0 Å². The smallest absolute Gasteiger partial charge is 0.229 e. The predicted octanol–water partition coefficient (Wildman–Crippen LogP) is 5.24. The number of rotatable bonds is 4. The Hall–Kier alpha value is -1.42. The number of hydrogen-bond acceptors (Lipinski definition) is 3. The zero-order valence-corrected chi connectivity index (χ0v) is 18.5. The van der Waals surface area contributed by atoms with E-state index in [-0.39, 0.29) is 17.4 Å². The molecule has 1 aliphatic carbocycles. The van der Waals surface area contributed by atoms with Gasteiger partial charge in [0.25, 0.3) is 0 Å². The molecule has 0 N–H and O–H groups in total. The van der Waals surface area contributed by atoms with Crippen molar-refractivity contribution in [1.82, 2.24) is 9.88 Å². The van der Waals surface area contributed by atoms with Gasteiger partial charge in [0.1, 0.15) is 0 Å². The molecule has 0 unspecified atom stereocenters. The summed E-state index contributed by atoms with van der Waals surface area (Å²) in [7, 11) is 6.16. The maximum atomic E-state index is 12.7. The molecule has 1 aliphatic rings. The summed E-state index contributed by atoms with van der Waals surface area (Å²) in [6.07, 6.45) is 7.72. The molecule has 0 spiro atoms. The van der Waals surface area contributed by atoms with E-state index in [2.05, 4.69) is 37.8 Å². The lowest BCUT2D eigenvalue weighted by atomic mass is 9.72. The summed E-state index contributed by atoms with van der Waals surface area (Å²) in [4.78, 5) is 20.8. The van der Waals surface area contributed by atoms with Gasteiger partial charge in [-0.15, -0.1) is 0 Å². The van der Waals surface area contributed by atoms with Crippen LogP contribution >= 0.6 is 0 Å². The molecule has 1 saturated carbocycles. The molecule has 0 bridgehead atoms. The first-order valence-corrected chi connectivity index (χ1v) is 10.2. The fourth-order valence-corrected chi connectivity index (χ4v) is 3.38. The minimum absolute atomic E-state index is 0.160. The fraction of sp³-hybridized carbons (Fsp3) is 0.727. The third kappa shape index (κ3) is 6.39. The van der Waals surface area contributed by atoms with Gasteiger partial charge < -0.3 is 9.80 Å². The highest BCUT2D eigenvalue weighted by Crippen LogP contribution is 2.38. The molecule has 150 valence electrons. The number of nitrogens with zero attached hydrogens (tertiary/aromatic N) is 3. The molecular formula is C22H41N3O. The van der Waals surface area contributed by atoms with Crippen molar-refractivity contribution in [2.75, 3.05) is 26.0 Å². The standard InChI is InChI=1S/C18H29N3O.2C2H6/c1-18(2,20(3)4)15-8-6-14(7-9-15)17(22)21(5)16-10-12-19-13-11-16;2*1-2/h10-15H,6-9H2,1-5H3;2*1-2H3. The van der Waals surface area contributed by atoms with Crippen LogP contribution in [0.25, 0.3) is 0 Å². The second-order valence-electron chi connectivity index (χ2n) is 7.20. The minimum atomic E-state index is 0.160.